The number of aryl methyl sites for hydroxylation is 1. The lowest BCUT2D eigenvalue weighted by atomic mass is 10.1. The standard InChI is InChI=1S/C11H10.C8H15NO3.ClH/c1-9-5-4-7-10-6-2-3-8-11(9)10;1-2-7(8(10)11)9-3-5-12-6-4-9;/h2-8H,1H3;7H,2-6H2,1H3,(H,10,11);1H. The number of nitrogens with zero attached hydrogens (tertiary/aromatic N) is 1. The number of hydrogen-bond donors (Lipinski definition) is 1. The second kappa shape index (κ2) is 10.3. The van der Waals surface area contributed by atoms with Crippen LogP contribution < -0.4 is 0 Å². The Balaban J connectivity index is 0.000000231. The third-order valence-corrected chi connectivity index (χ3v) is 4.17. The van der Waals surface area contributed by atoms with Crippen molar-refractivity contribution in [3.8, 4) is 0 Å². The molecule has 1 fully saturated rings. The van der Waals surface area contributed by atoms with E-state index in [4.69, 9.17) is 9.84 Å². The Kier molecular flexibility index (Phi) is 8.76. The first-order valence-corrected chi connectivity index (χ1v) is 8.12. The van der Waals surface area contributed by atoms with E-state index in [0.717, 1.165) is 13.1 Å². The lowest BCUT2D eigenvalue weighted by Crippen LogP contribution is -2.47. The number of carbonyl (C=O) groups is 1. The molecule has 0 spiro atoms. The number of rotatable bonds is 3. The highest BCUT2D eigenvalue weighted by Crippen LogP contribution is 2.16. The molecule has 1 aliphatic rings. The molecule has 132 valence electrons. The molecule has 5 heteroatoms. The van der Waals surface area contributed by atoms with Gasteiger partial charge in [-0.15, -0.1) is 12.4 Å². The normalized spacial score (nSPS) is 15.8. The maximum atomic E-state index is 10.7. The summed E-state index contributed by atoms with van der Waals surface area (Å²) in [4.78, 5) is 12.7. The highest BCUT2D eigenvalue weighted by Gasteiger charge is 2.24. The van der Waals surface area contributed by atoms with Gasteiger partial charge in [0.15, 0.2) is 0 Å². The van der Waals surface area contributed by atoms with Crippen LogP contribution in [0.4, 0.5) is 0 Å². The lowest BCUT2D eigenvalue weighted by molar-refractivity contribution is -0.145. The molecule has 2 aromatic rings. The molecule has 1 saturated heterocycles. The average Bonchev–Trinajstić information content (AvgIpc) is 2.57. The van der Waals surface area contributed by atoms with E-state index >= 15 is 0 Å². The van der Waals surface area contributed by atoms with Crippen LogP contribution in [0.25, 0.3) is 10.8 Å². The van der Waals surface area contributed by atoms with E-state index in [1.807, 2.05) is 11.8 Å². The average molecular weight is 352 g/mol. The Bertz CT molecular complexity index is 636. The van der Waals surface area contributed by atoms with Crippen molar-refractivity contribution in [2.75, 3.05) is 26.3 Å². The van der Waals surface area contributed by atoms with Gasteiger partial charge in [0.2, 0.25) is 0 Å². The van der Waals surface area contributed by atoms with E-state index in [-0.39, 0.29) is 18.4 Å². The van der Waals surface area contributed by atoms with Crippen molar-refractivity contribution in [1.82, 2.24) is 4.90 Å². The lowest BCUT2D eigenvalue weighted by Gasteiger charge is -2.31. The van der Waals surface area contributed by atoms with Crippen molar-refractivity contribution in [3.63, 3.8) is 0 Å². The number of carboxylic acid groups (broad SMARTS) is 1. The van der Waals surface area contributed by atoms with Gasteiger partial charge in [0.1, 0.15) is 6.04 Å². The van der Waals surface area contributed by atoms with Gasteiger partial charge in [-0.05, 0) is 29.7 Å². The fraction of sp³-hybridized carbons (Fsp3) is 0.421. The first-order valence-electron chi connectivity index (χ1n) is 8.12. The van der Waals surface area contributed by atoms with Crippen molar-refractivity contribution in [2.45, 2.75) is 26.3 Å². The summed E-state index contributed by atoms with van der Waals surface area (Å²) in [7, 11) is 0. The van der Waals surface area contributed by atoms with Gasteiger partial charge < -0.3 is 9.84 Å². The van der Waals surface area contributed by atoms with E-state index in [0.29, 0.717) is 19.6 Å². The van der Waals surface area contributed by atoms with E-state index in [2.05, 4.69) is 49.4 Å². The van der Waals surface area contributed by atoms with Crippen LogP contribution in [0.3, 0.4) is 0 Å². The van der Waals surface area contributed by atoms with Crippen molar-refractivity contribution in [3.05, 3.63) is 48.0 Å². The molecule has 0 radical (unpaired) electrons. The largest absolute Gasteiger partial charge is 0.480 e. The fourth-order valence-corrected chi connectivity index (χ4v) is 2.87. The van der Waals surface area contributed by atoms with Gasteiger partial charge in [-0.3, -0.25) is 9.69 Å². The van der Waals surface area contributed by atoms with E-state index in [1.54, 1.807) is 0 Å². The van der Waals surface area contributed by atoms with Crippen molar-refractivity contribution in [2.24, 2.45) is 0 Å². The van der Waals surface area contributed by atoms with Crippen molar-refractivity contribution < 1.29 is 14.6 Å². The molecule has 4 nitrogen and oxygen atoms in total. The van der Waals surface area contributed by atoms with Gasteiger partial charge in [-0.2, -0.15) is 0 Å². The highest BCUT2D eigenvalue weighted by molar-refractivity contribution is 5.85. The van der Waals surface area contributed by atoms with Crippen LogP contribution >= 0.6 is 12.4 Å². The summed E-state index contributed by atoms with van der Waals surface area (Å²) in [6, 6.07) is 14.5. The Morgan fingerprint density at radius 1 is 1.17 bits per heavy atom. The monoisotopic (exact) mass is 351 g/mol. The molecule has 1 unspecified atom stereocenters. The number of benzene rings is 2. The van der Waals surface area contributed by atoms with Gasteiger partial charge in [0, 0.05) is 13.1 Å². The van der Waals surface area contributed by atoms with Crippen LogP contribution in [0.5, 0.6) is 0 Å². The topological polar surface area (TPSA) is 49.8 Å². The summed E-state index contributed by atoms with van der Waals surface area (Å²) in [6.45, 7) is 6.83. The summed E-state index contributed by atoms with van der Waals surface area (Å²) in [5.41, 5.74) is 1.35. The summed E-state index contributed by atoms with van der Waals surface area (Å²) < 4.78 is 5.14. The molecule has 0 amide bonds. The molecular weight excluding hydrogens is 326 g/mol. The molecule has 1 aliphatic heterocycles. The fourth-order valence-electron chi connectivity index (χ4n) is 2.87. The van der Waals surface area contributed by atoms with Crippen molar-refractivity contribution in [1.29, 1.82) is 0 Å². The van der Waals surface area contributed by atoms with Crippen LogP contribution in [0.15, 0.2) is 42.5 Å². The Morgan fingerprint density at radius 2 is 1.79 bits per heavy atom. The third-order valence-electron chi connectivity index (χ3n) is 4.17. The molecule has 0 saturated carbocycles. The van der Waals surface area contributed by atoms with Crippen LogP contribution in [0.2, 0.25) is 0 Å². The van der Waals surface area contributed by atoms with Crippen LogP contribution in [0.1, 0.15) is 18.9 Å². The molecule has 1 atom stereocenters. The molecule has 0 aliphatic carbocycles. The number of ether oxygens (including phenoxy) is 1. The first kappa shape index (κ1) is 20.4. The van der Waals surface area contributed by atoms with Crippen LogP contribution in [0, 0.1) is 6.92 Å². The zero-order valence-electron chi connectivity index (χ0n) is 14.3. The second-order valence-electron chi connectivity index (χ2n) is 5.71. The van der Waals surface area contributed by atoms with Gasteiger partial charge in [0.25, 0.3) is 0 Å². The van der Waals surface area contributed by atoms with Gasteiger partial charge in [0.05, 0.1) is 13.2 Å². The molecule has 0 bridgehead atoms. The Labute approximate surface area is 149 Å². The Morgan fingerprint density at radius 3 is 2.38 bits per heavy atom. The summed E-state index contributed by atoms with van der Waals surface area (Å²) in [5.74, 6) is -0.723. The first-order chi connectivity index (χ1) is 11.1. The summed E-state index contributed by atoms with van der Waals surface area (Å²) in [6.07, 6.45) is 0.662. The SMILES string of the molecule is CCC(C(=O)O)N1CCOCC1.Cc1cccc2ccccc12.Cl. The van der Waals surface area contributed by atoms with Gasteiger partial charge in [-0.1, -0.05) is 49.4 Å². The van der Waals surface area contributed by atoms with E-state index in [1.165, 1.54) is 16.3 Å². The maximum absolute atomic E-state index is 10.7. The minimum absolute atomic E-state index is 0. The number of fused-ring (bicyclic) bond motifs is 1. The zero-order valence-corrected chi connectivity index (χ0v) is 15.1. The molecule has 0 aromatic heterocycles. The molecule has 3 rings (SSSR count). The van der Waals surface area contributed by atoms with Gasteiger partial charge >= 0.3 is 5.97 Å². The smallest absolute Gasteiger partial charge is 0.320 e. The highest BCUT2D eigenvalue weighted by atomic mass is 35.5. The minimum Gasteiger partial charge on any atom is -0.480 e. The number of aliphatic carboxylic acids is 1. The van der Waals surface area contributed by atoms with E-state index < -0.39 is 5.97 Å². The second-order valence-corrected chi connectivity index (χ2v) is 5.71. The number of halogens is 1. The molecule has 2 aromatic carbocycles. The Hall–Kier alpha value is -1.62. The predicted octanol–water partition coefficient (Wildman–Crippen LogP) is 3.75. The number of morpholine rings is 1. The quantitative estimate of drug-likeness (QED) is 0.914. The van der Waals surface area contributed by atoms with Crippen LogP contribution in [-0.2, 0) is 9.53 Å². The van der Waals surface area contributed by atoms with Crippen molar-refractivity contribution >= 4 is 29.1 Å². The molecule has 24 heavy (non-hydrogen) atoms. The molecular formula is C19H26ClNO3. The van der Waals surface area contributed by atoms with Crippen LogP contribution in [-0.4, -0.2) is 48.3 Å². The number of hydrogen-bond acceptors (Lipinski definition) is 3. The third kappa shape index (κ3) is 5.48. The minimum atomic E-state index is -0.723. The maximum Gasteiger partial charge on any atom is 0.320 e. The number of carboxylic acids is 1. The predicted molar refractivity (Wildman–Crippen MR) is 100 cm³/mol. The molecule has 1 heterocycles. The van der Waals surface area contributed by atoms with Gasteiger partial charge in [-0.25, -0.2) is 0 Å². The molecule has 1 N–H and O–H groups in total. The zero-order chi connectivity index (χ0) is 16.7. The van der Waals surface area contributed by atoms with E-state index in [9.17, 15) is 4.79 Å². The summed E-state index contributed by atoms with van der Waals surface area (Å²) >= 11 is 0. The summed E-state index contributed by atoms with van der Waals surface area (Å²) in [5, 5.41) is 11.5.